The highest BCUT2D eigenvalue weighted by atomic mass is 127. The molecular weight excluding hydrogens is 469 g/mol. The second-order valence-electron chi connectivity index (χ2n) is 6.59. The molecule has 0 aliphatic carbocycles. The highest BCUT2D eigenvalue weighted by molar-refractivity contribution is 14.0. The normalized spacial score (nSPS) is 15.2. The molecule has 0 spiro atoms. The number of methoxy groups -OCH3 is 1. The molecule has 0 amide bonds. The fourth-order valence-electron chi connectivity index (χ4n) is 3.17. The number of nitrogens with zero attached hydrogens (tertiary/aromatic N) is 4. The van der Waals surface area contributed by atoms with E-state index in [0.29, 0.717) is 0 Å². The smallest absolute Gasteiger partial charge is 0.194 e. The number of nitrogens with one attached hydrogen (secondary N) is 1. The lowest BCUT2D eigenvalue weighted by Gasteiger charge is -2.36. The molecule has 0 unspecified atom stereocenters. The predicted octanol–water partition coefficient (Wildman–Crippen LogP) is 2.63. The van der Waals surface area contributed by atoms with E-state index >= 15 is 0 Å². The lowest BCUT2D eigenvalue weighted by Crippen LogP contribution is -2.52. The minimum Gasteiger partial charge on any atom is -0.497 e. The minimum absolute atomic E-state index is 0. The Morgan fingerprint density at radius 1 is 1.18 bits per heavy atom. The van der Waals surface area contributed by atoms with Gasteiger partial charge in [-0.25, -0.2) is 0 Å². The highest BCUT2D eigenvalue weighted by Gasteiger charge is 2.20. The zero-order valence-corrected chi connectivity index (χ0v) is 19.0. The van der Waals surface area contributed by atoms with E-state index in [1.54, 1.807) is 13.4 Å². The molecule has 1 aliphatic heterocycles. The summed E-state index contributed by atoms with van der Waals surface area (Å²) in [6.07, 6.45) is 2.55. The van der Waals surface area contributed by atoms with Crippen LogP contribution in [0.15, 0.2) is 46.1 Å². The van der Waals surface area contributed by atoms with Gasteiger partial charge in [-0.2, -0.15) is 0 Å². The second-order valence-corrected chi connectivity index (χ2v) is 6.59. The summed E-state index contributed by atoms with van der Waals surface area (Å²) in [5, 5.41) is 7.43. The average molecular weight is 499 g/mol. The summed E-state index contributed by atoms with van der Waals surface area (Å²) >= 11 is 0. The van der Waals surface area contributed by atoms with Gasteiger partial charge in [0, 0.05) is 51.9 Å². The SMILES string of the molecule is CCNC(=NCCc1ccc(OC)cc1)N1CCN(Cc2ccon2)CC1.I. The summed E-state index contributed by atoms with van der Waals surface area (Å²) in [6.45, 7) is 8.52. The van der Waals surface area contributed by atoms with Crippen molar-refractivity contribution >= 4 is 29.9 Å². The predicted molar refractivity (Wildman–Crippen MR) is 121 cm³/mol. The highest BCUT2D eigenvalue weighted by Crippen LogP contribution is 2.12. The topological polar surface area (TPSA) is 66.1 Å². The first kappa shape index (κ1) is 22.5. The van der Waals surface area contributed by atoms with Crippen LogP contribution in [0.2, 0.25) is 0 Å². The van der Waals surface area contributed by atoms with Crippen molar-refractivity contribution in [2.75, 3.05) is 46.4 Å². The fourth-order valence-corrected chi connectivity index (χ4v) is 3.17. The van der Waals surface area contributed by atoms with Gasteiger partial charge in [0.2, 0.25) is 0 Å². The van der Waals surface area contributed by atoms with Gasteiger partial charge in [0.05, 0.1) is 12.8 Å². The maximum absolute atomic E-state index is 5.21. The van der Waals surface area contributed by atoms with Crippen molar-refractivity contribution in [1.82, 2.24) is 20.3 Å². The molecule has 0 bridgehead atoms. The second kappa shape index (κ2) is 11.9. The molecule has 1 fully saturated rings. The average Bonchev–Trinajstić information content (AvgIpc) is 3.21. The summed E-state index contributed by atoms with van der Waals surface area (Å²) in [6, 6.07) is 10.1. The molecule has 0 saturated carbocycles. The molecule has 8 heteroatoms. The number of halogens is 1. The van der Waals surface area contributed by atoms with E-state index in [1.807, 2.05) is 18.2 Å². The fraction of sp³-hybridized carbons (Fsp3) is 0.500. The van der Waals surface area contributed by atoms with Gasteiger partial charge in [0.25, 0.3) is 0 Å². The monoisotopic (exact) mass is 499 g/mol. The maximum Gasteiger partial charge on any atom is 0.194 e. The number of piperazine rings is 1. The van der Waals surface area contributed by atoms with E-state index in [2.05, 4.69) is 39.3 Å². The van der Waals surface area contributed by atoms with Gasteiger partial charge in [-0.1, -0.05) is 17.3 Å². The first-order chi connectivity index (χ1) is 13.3. The van der Waals surface area contributed by atoms with Gasteiger partial charge >= 0.3 is 0 Å². The summed E-state index contributed by atoms with van der Waals surface area (Å²) < 4.78 is 10.1. The first-order valence-electron chi connectivity index (χ1n) is 9.56. The van der Waals surface area contributed by atoms with Crippen LogP contribution in [0.1, 0.15) is 18.2 Å². The van der Waals surface area contributed by atoms with Crippen LogP contribution in [0, 0.1) is 0 Å². The molecule has 28 heavy (non-hydrogen) atoms. The van der Waals surface area contributed by atoms with Crippen molar-refractivity contribution in [3.05, 3.63) is 47.9 Å². The van der Waals surface area contributed by atoms with Crippen LogP contribution in [0.3, 0.4) is 0 Å². The summed E-state index contributed by atoms with van der Waals surface area (Å²) in [7, 11) is 1.69. The Hall–Kier alpha value is -1.81. The maximum atomic E-state index is 5.21. The Morgan fingerprint density at radius 3 is 2.54 bits per heavy atom. The van der Waals surface area contributed by atoms with Crippen LogP contribution in [0.25, 0.3) is 0 Å². The van der Waals surface area contributed by atoms with E-state index < -0.39 is 0 Å². The van der Waals surface area contributed by atoms with Gasteiger partial charge < -0.3 is 19.5 Å². The summed E-state index contributed by atoms with van der Waals surface area (Å²) in [5.74, 6) is 1.89. The van der Waals surface area contributed by atoms with Crippen LogP contribution >= 0.6 is 24.0 Å². The number of benzene rings is 1. The molecule has 3 rings (SSSR count). The van der Waals surface area contributed by atoms with E-state index in [-0.39, 0.29) is 24.0 Å². The Kier molecular flexibility index (Phi) is 9.56. The molecule has 7 nitrogen and oxygen atoms in total. The number of aromatic nitrogens is 1. The first-order valence-corrected chi connectivity index (χ1v) is 9.56. The van der Waals surface area contributed by atoms with Gasteiger partial charge in [0.15, 0.2) is 5.96 Å². The van der Waals surface area contributed by atoms with Crippen LogP contribution in [0.5, 0.6) is 5.75 Å². The third kappa shape index (κ3) is 6.66. The van der Waals surface area contributed by atoms with Crippen molar-refractivity contribution in [3.63, 3.8) is 0 Å². The Balaban J connectivity index is 0.00000280. The largest absolute Gasteiger partial charge is 0.497 e. The molecule has 0 atom stereocenters. The van der Waals surface area contributed by atoms with Crippen molar-refractivity contribution in [2.24, 2.45) is 4.99 Å². The molecule has 1 N–H and O–H groups in total. The van der Waals surface area contributed by atoms with Crippen LogP contribution in [0.4, 0.5) is 0 Å². The molecule has 1 aromatic heterocycles. The third-order valence-electron chi connectivity index (χ3n) is 4.70. The number of hydrogen-bond acceptors (Lipinski definition) is 5. The number of hydrogen-bond donors (Lipinski definition) is 1. The van der Waals surface area contributed by atoms with Crippen LogP contribution in [-0.4, -0.2) is 67.3 Å². The summed E-state index contributed by atoms with van der Waals surface area (Å²) in [4.78, 5) is 9.57. The standard InChI is InChI=1S/C20H29N5O2.HI/c1-3-21-20(22-10-8-17-4-6-19(26-2)7-5-17)25-13-11-24(12-14-25)16-18-9-15-27-23-18;/h4-7,9,15H,3,8,10-14,16H2,1-2H3,(H,21,22);1H. The van der Waals surface area contributed by atoms with E-state index in [9.17, 15) is 0 Å². The van der Waals surface area contributed by atoms with Gasteiger partial charge in [-0.15, -0.1) is 24.0 Å². The van der Waals surface area contributed by atoms with Crippen molar-refractivity contribution in [2.45, 2.75) is 19.9 Å². The molecule has 1 saturated heterocycles. The molecule has 0 radical (unpaired) electrons. The Bertz CT molecular complexity index is 698. The summed E-state index contributed by atoms with van der Waals surface area (Å²) in [5.41, 5.74) is 2.26. The number of aliphatic imine (C=N–C) groups is 1. The molecule has 154 valence electrons. The third-order valence-corrected chi connectivity index (χ3v) is 4.70. The Labute approximate surface area is 184 Å². The van der Waals surface area contributed by atoms with Gasteiger partial charge in [-0.3, -0.25) is 9.89 Å². The van der Waals surface area contributed by atoms with Gasteiger partial charge in [0.1, 0.15) is 12.0 Å². The lowest BCUT2D eigenvalue weighted by atomic mass is 10.1. The van der Waals surface area contributed by atoms with Crippen molar-refractivity contribution < 1.29 is 9.26 Å². The van der Waals surface area contributed by atoms with Crippen molar-refractivity contribution in [3.8, 4) is 5.75 Å². The molecule has 2 aromatic rings. The number of rotatable bonds is 7. The molecule has 2 heterocycles. The number of guanidine groups is 1. The van der Waals surface area contributed by atoms with Crippen LogP contribution < -0.4 is 10.1 Å². The zero-order valence-electron chi connectivity index (χ0n) is 16.6. The van der Waals surface area contributed by atoms with E-state index in [1.165, 1.54) is 5.56 Å². The van der Waals surface area contributed by atoms with Crippen molar-refractivity contribution in [1.29, 1.82) is 0 Å². The van der Waals surface area contributed by atoms with E-state index in [0.717, 1.165) is 69.6 Å². The number of ether oxygens (including phenoxy) is 1. The zero-order chi connectivity index (χ0) is 18.9. The minimum atomic E-state index is 0. The molecule has 1 aromatic carbocycles. The van der Waals surface area contributed by atoms with E-state index in [4.69, 9.17) is 14.3 Å². The van der Waals surface area contributed by atoms with Crippen LogP contribution in [-0.2, 0) is 13.0 Å². The lowest BCUT2D eigenvalue weighted by molar-refractivity contribution is 0.169. The quantitative estimate of drug-likeness (QED) is 0.359. The Morgan fingerprint density at radius 2 is 1.93 bits per heavy atom. The van der Waals surface area contributed by atoms with Gasteiger partial charge in [-0.05, 0) is 31.0 Å². The molecule has 1 aliphatic rings. The molecular formula is C20H30IN5O2.